The Morgan fingerprint density at radius 2 is 2.07 bits per heavy atom. The van der Waals surface area contributed by atoms with Crippen molar-refractivity contribution >= 4 is 24.8 Å². The summed E-state index contributed by atoms with van der Waals surface area (Å²) in [4.78, 5) is 4.09. The Bertz CT molecular complexity index is 229. The molecule has 0 aromatic carbocycles. The van der Waals surface area contributed by atoms with E-state index in [0.29, 0.717) is 19.0 Å². The van der Waals surface area contributed by atoms with Crippen LogP contribution >= 0.6 is 24.8 Å². The Kier molecular flexibility index (Phi) is 10.3. The molecule has 1 heterocycles. The Morgan fingerprint density at radius 1 is 1.36 bits per heavy atom. The number of aryl methyl sites for hydroxylation is 1. The molecule has 2 N–H and O–H groups in total. The lowest BCUT2D eigenvalue weighted by atomic mass is 10.3. The molecule has 82 valence electrons. The van der Waals surface area contributed by atoms with Crippen LogP contribution in [0.15, 0.2) is 18.3 Å². The molecule has 0 atom stereocenters. The molecule has 0 bridgehead atoms. The van der Waals surface area contributed by atoms with Crippen molar-refractivity contribution < 1.29 is 4.74 Å². The number of nitrogens with zero attached hydrogens (tertiary/aromatic N) is 1. The van der Waals surface area contributed by atoms with Crippen LogP contribution in [0.5, 0.6) is 5.88 Å². The summed E-state index contributed by atoms with van der Waals surface area (Å²) in [7, 11) is 0. The maximum Gasteiger partial charge on any atom is 0.213 e. The van der Waals surface area contributed by atoms with Crippen molar-refractivity contribution in [3.8, 4) is 5.88 Å². The molecule has 0 spiro atoms. The van der Waals surface area contributed by atoms with Crippen LogP contribution in [0.2, 0.25) is 0 Å². The normalized spacial score (nSPS) is 8.43. The Hall–Kier alpha value is -0.510. The summed E-state index contributed by atoms with van der Waals surface area (Å²) in [6, 6.07) is 3.84. The number of hydrogen-bond donors (Lipinski definition) is 1. The van der Waals surface area contributed by atoms with Gasteiger partial charge in [0.25, 0.3) is 0 Å². The molecule has 0 aliphatic carbocycles. The van der Waals surface area contributed by atoms with Gasteiger partial charge in [0.1, 0.15) is 0 Å². The molecule has 3 nitrogen and oxygen atoms in total. The lowest BCUT2D eigenvalue weighted by molar-refractivity contribution is 0.301. The molecule has 5 heteroatoms. The summed E-state index contributed by atoms with van der Waals surface area (Å²) in [6.45, 7) is 3.30. The largest absolute Gasteiger partial charge is 0.478 e. The minimum atomic E-state index is 0. The first-order valence-corrected chi connectivity index (χ1v) is 4.08. The second-order valence-corrected chi connectivity index (χ2v) is 2.66. The van der Waals surface area contributed by atoms with Gasteiger partial charge in [0.05, 0.1) is 6.61 Å². The lowest BCUT2D eigenvalue weighted by Gasteiger charge is -2.03. The van der Waals surface area contributed by atoms with E-state index in [-0.39, 0.29) is 24.8 Å². The van der Waals surface area contributed by atoms with Crippen LogP contribution in [0.1, 0.15) is 12.0 Å². The fraction of sp³-hybridized carbons (Fsp3) is 0.444. The summed E-state index contributed by atoms with van der Waals surface area (Å²) in [5.41, 5.74) is 6.46. The SMILES string of the molecule is Cc1ccc(OCCCN)nc1.Cl.Cl. The number of aromatic nitrogens is 1. The first kappa shape index (κ1) is 15.9. The summed E-state index contributed by atoms with van der Waals surface area (Å²) in [6.07, 6.45) is 2.66. The highest BCUT2D eigenvalue weighted by atomic mass is 35.5. The van der Waals surface area contributed by atoms with Gasteiger partial charge in [0, 0.05) is 12.3 Å². The van der Waals surface area contributed by atoms with Gasteiger partial charge in [-0.3, -0.25) is 0 Å². The van der Waals surface area contributed by atoms with Gasteiger partial charge in [-0.1, -0.05) is 6.07 Å². The molecule has 1 aromatic rings. The van der Waals surface area contributed by atoms with E-state index >= 15 is 0 Å². The third-order valence-electron chi connectivity index (χ3n) is 1.48. The maximum atomic E-state index is 5.32. The third-order valence-corrected chi connectivity index (χ3v) is 1.48. The predicted octanol–water partition coefficient (Wildman–Crippen LogP) is 1.96. The van der Waals surface area contributed by atoms with Crippen molar-refractivity contribution in [1.82, 2.24) is 4.98 Å². The number of pyridine rings is 1. The van der Waals surface area contributed by atoms with E-state index in [9.17, 15) is 0 Å². The van der Waals surface area contributed by atoms with E-state index in [1.54, 1.807) is 6.20 Å². The Balaban J connectivity index is 0. The molecule has 0 amide bonds. The van der Waals surface area contributed by atoms with Gasteiger partial charge in [0.15, 0.2) is 0 Å². The second kappa shape index (κ2) is 9.06. The molecule has 0 saturated heterocycles. The first-order valence-electron chi connectivity index (χ1n) is 4.08. The topological polar surface area (TPSA) is 48.1 Å². The van der Waals surface area contributed by atoms with E-state index in [0.717, 1.165) is 12.0 Å². The molecular formula is C9H16Cl2N2O. The Morgan fingerprint density at radius 3 is 2.57 bits per heavy atom. The second-order valence-electron chi connectivity index (χ2n) is 2.66. The van der Waals surface area contributed by atoms with Crippen LogP contribution in [0.3, 0.4) is 0 Å². The molecule has 14 heavy (non-hydrogen) atoms. The third kappa shape index (κ3) is 6.02. The number of nitrogens with two attached hydrogens (primary N) is 1. The van der Waals surface area contributed by atoms with Crippen molar-refractivity contribution in [1.29, 1.82) is 0 Å². The lowest BCUT2D eigenvalue weighted by Crippen LogP contribution is -2.06. The van der Waals surface area contributed by atoms with E-state index in [1.807, 2.05) is 19.1 Å². The number of ether oxygens (including phenoxy) is 1. The first-order chi connectivity index (χ1) is 5.83. The predicted molar refractivity (Wildman–Crippen MR) is 62.6 cm³/mol. The minimum Gasteiger partial charge on any atom is -0.478 e. The number of halogens is 2. The average Bonchev–Trinajstić information content (AvgIpc) is 2.09. The molecule has 0 radical (unpaired) electrons. The summed E-state index contributed by atoms with van der Waals surface area (Å²) < 4.78 is 5.31. The van der Waals surface area contributed by atoms with Crippen LogP contribution in [0.25, 0.3) is 0 Å². The molecule has 0 aliphatic heterocycles. The highest BCUT2D eigenvalue weighted by Crippen LogP contribution is 2.06. The molecule has 0 fully saturated rings. The molecule has 0 saturated carbocycles. The summed E-state index contributed by atoms with van der Waals surface area (Å²) in [5.74, 6) is 0.675. The van der Waals surface area contributed by atoms with E-state index in [1.165, 1.54) is 0 Å². The van der Waals surface area contributed by atoms with Crippen LogP contribution in [-0.4, -0.2) is 18.1 Å². The number of rotatable bonds is 4. The van der Waals surface area contributed by atoms with Crippen LogP contribution in [0.4, 0.5) is 0 Å². The van der Waals surface area contributed by atoms with E-state index in [2.05, 4.69) is 4.98 Å². The molecular weight excluding hydrogens is 223 g/mol. The highest BCUT2D eigenvalue weighted by molar-refractivity contribution is 5.85. The highest BCUT2D eigenvalue weighted by Gasteiger charge is 1.92. The minimum absolute atomic E-state index is 0. The van der Waals surface area contributed by atoms with Crippen molar-refractivity contribution in [3.05, 3.63) is 23.9 Å². The number of hydrogen-bond acceptors (Lipinski definition) is 3. The van der Waals surface area contributed by atoms with Crippen molar-refractivity contribution in [2.45, 2.75) is 13.3 Å². The van der Waals surface area contributed by atoms with Crippen molar-refractivity contribution in [3.63, 3.8) is 0 Å². The van der Waals surface area contributed by atoms with Gasteiger partial charge >= 0.3 is 0 Å². The molecule has 1 rings (SSSR count). The Labute approximate surface area is 96.9 Å². The standard InChI is InChI=1S/C9H14N2O.2ClH/c1-8-3-4-9(11-7-8)12-6-2-5-10;;/h3-4,7H,2,5-6,10H2,1H3;2*1H. The van der Waals surface area contributed by atoms with Crippen LogP contribution in [-0.2, 0) is 0 Å². The van der Waals surface area contributed by atoms with E-state index < -0.39 is 0 Å². The van der Waals surface area contributed by atoms with Gasteiger partial charge in [-0.2, -0.15) is 0 Å². The van der Waals surface area contributed by atoms with E-state index in [4.69, 9.17) is 10.5 Å². The van der Waals surface area contributed by atoms with Gasteiger partial charge in [-0.25, -0.2) is 4.98 Å². The van der Waals surface area contributed by atoms with Crippen molar-refractivity contribution in [2.24, 2.45) is 5.73 Å². The molecule has 1 aromatic heterocycles. The molecule has 0 unspecified atom stereocenters. The smallest absolute Gasteiger partial charge is 0.213 e. The van der Waals surface area contributed by atoms with Crippen molar-refractivity contribution in [2.75, 3.05) is 13.2 Å². The van der Waals surface area contributed by atoms with Gasteiger partial charge in [0.2, 0.25) is 5.88 Å². The molecule has 0 aliphatic rings. The quantitative estimate of drug-likeness (QED) is 0.817. The van der Waals surface area contributed by atoms with Crippen LogP contribution < -0.4 is 10.5 Å². The fourth-order valence-corrected chi connectivity index (χ4v) is 0.800. The maximum absolute atomic E-state index is 5.32. The summed E-state index contributed by atoms with van der Waals surface area (Å²) >= 11 is 0. The van der Waals surface area contributed by atoms with Gasteiger partial charge in [-0.05, 0) is 25.5 Å². The zero-order valence-corrected chi connectivity index (χ0v) is 9.74. The van der Waals surface area contributed by atoms with Gasteiger partial charge in [-0.15, -0.1) is 24.8 Å². The monoisotopic (exact) mass is 238 g/mol. The van der Waals surface area contributed by atoms with Crippen LogP contribution in [0, 0.1) is 6.92 Å². The van der Waals surface area contributed by atoms with Gasteiger partial charge < -0.3 is 10.5 Å². The zero-order valence-electron chi connectivity index (χ0n) is 8.10. The fourth-order valence-electron chi connectivity index (χ4n) is 0.800. The average molecular weight is 239 g/mol. The summed E-state index contributed by atoms with van der Waals surface area (Å²) in [5, 5.41) is 0. The zero-order chi connectivity index (χ0) is 8.81.